The van der Waals surface area contributed by atoms with Crippen LogP contribution in [0.4, 0.5) is 5.82 Å². The second kappa shape index (κ2) is 7.02. The summed E-state index contributed by atoms with van der Waals surface area (Å²) in [6, 6.07) is 9.38. The molecule has 108 valence electrons. The van der Waals surface area contributed by atoms with Crippen LogP contribution in [0.1, 0.15) is 24.3 Å². The third kappa shape index (κ3) is 3.69. The van der Waals surface area contributed by atoms with E-state index in [4.69, 9.17) is 21.6 Å². The van der Waals surface area contributed by atoms with Gasteiger partial charge in [0, 0.05) is 24.5 Å². The van der Waals surface area contributed by atoms with Gasteiger partial charge in [-0.25, -0.2) is 9.97 Å². The van der Waals surface area contributed by atoms with Crippen molar-refractivity contribution < 1.29 is 4.74 Å². The minimum Gasteiger partial charge on any atom is -0.375 e. The maximum atomic E-state index is 9.04. The zero-order valence-corrected chi connectivity index (χ0v) is 12.5. The monoisotopic (exact) mass is 302 g/mol. The van der Waals surface area contributed by atoms with Crippen LogP contribution in [0, 0.1) is 11.3 Å². The van der Waals surface area contributed by atoms with E-state index < -0.39 is 0 Å². The SMILES string of the molecule is CO[C@@H](c1ccc(Cl)cc1)[C@@H](C)Nc1nccnc1C#N. The largest absolute Gasteiger partial charge is 0.375 e. The lowest BCUT2D eigenvalue weighted by molar-refractivity contribution is 0.0906. The van der Waals surface area contributed by atoms with Crippen molar-refractivity contribution in [2.24, 2.45) is 0 Å². The number of benzene rings is 1. The van der Waals surface area contributed by atoms with Gasteiger partial charge < -0.3 is 10.1 Å². The zero-order chi connectivity index (χ0) is 15.2. The van der Waals surface area contributed by atoms with Gasteiger partial charge in [-0.2, -0.15) is 5.26 Å². The first-order chi connectivity index (χ1) is 10.2. The fourth-order valence-corrected chi connectivity index (χ4v) is 2.22. The number of ether oxygens (including phenoxy) is 1. The maximum absolute atomic E-state index is 9.04. The first-order valence-electron chi connectivity index (χ1n) is 6.41. The van der Waals surface area contributed by atoms with Crippen molar-refractivity contribution in [2.45, 2.75) is 19.1 Å². The van der Waals surface area contributed by atoms with E-state index >= 15 is 0 Å². The fourth-order valence-electron chi connectivity index (χ4n) is 2.10. The highest BCUT2D eigenvalue weighted by atomic mass is 35.5. The lowest BCUT2D eigenvalue weighted by atomic mass is 10.0. The third-order valence-corrected chi connectivity index (χ3v) is 3.33. The standard InChI is InChI=1S/C15H15ClN4O/c1-10(20-15-13(9-17)18-7-8-19-15)14(21-2)11-3-5-12(16)6-4-11/h3-8,10,14H,1-2H3,(H,19,20)/t10-,14-/m1/s1. The Morgan fingerprint density at radius 1 is 1.24 bits per heavy atom. The first kappa shape index (κ1) is 15.2. The summed E-state index contributed by atoms with van der Waals surface area (Å²) in [6.45, 7) is 1.96. The highest BCUT2D eigenvalue weighted by Crippen LogP contribution is 2.24. The molecule has 0 amide bonds. The predicted octanol–water partition coefficient (Wildman–Crippen LogP) is 3.19. The molecule has 0 aliphatic rings. The zero-order valence-electron chi connectivity index (χ0n) is 11.7. The van der Waals surface area contributed by atoms with Gasteiger partial charge in [-0.3, -0.25) is 0 Å². The Morgan fingerprint density at radius 3 is 2.52 bits per heavy atom. The summed E-state index contributed by atoms with van der Waals surface area (Å²) in [5, 5.41) is 12.9. The summed E-state index contributed by atoms with van der Waals surface area (Å²) in [5.41, 5.74) is 1.25. The molecule has 21 heavy (non-hydrogen) atoms. The van der Waals surface area contributed by atoms with Crippen LogP contribution in [0.15, 0.2) is 36.7 Å². The average Bonchev–Trinajstić information content (AvgIpc) is 2.50. The maximum Gasteiger partial charge on any atom is 0.182 e. The molecular weight excluding hydrogens is 288 g/mol. The minimum atomic E-state index is -0.198. The number of rotatable bonds is 5. The third-order valence-electron chi connectivity index (χ3n) is 3.08. The van der Waals surface area contributed by atoms with E-state index in [-0.39, 0.29) is 17.8 Å². The molecule has 1 aromatic heterocycles. The summed E-state index contributed by atoms with van der Waals surface area (Å²) in [6.07, 6.45) is 2.83. The molecule has 2 aromatic rings. The number of nitriles is 1. The smallest absolute Gasteiger partial charge is 0.182 e. The van der Waals surface area contributed by atoms with Crippen LogP contribution in [0.3, 0.4) is 0 Å². The molecular formula is C15H15ClN4O. The average molecular weight is 303 g/mol. The molecule has 0 saturated heterocycles. The van der Waals surface area contributed by atoms with Gasteiger partial charge >= 0.3 is 0 Å². The lowest BCUT2D eigenvalue weighted by Crippen LogP contribution is -2.26. The summed E-state index contributed by atoms with van der Waals surface area (Å²) in [5.74, 6) is 0.448. The molecule has 1 aromatic carbocycles. The van der Waals surface area contributed by atoms with Crippen molar-refractivity contribution in [1.82, 2.24) is 9.97 Å². The lowest BCUT2D eigenvalue weighted by Gasteiger charge is -2.24. The second-order valence-electron chi connectivity index (χ2n) is 4.51. The van der Waals surface area contributed by atoms with E-state index in [1.54, 1.807) is 13.3 Å². The molecule has 0 aliphatic carbocycles. The quantitative estimate of drug-likeness (QED) is 0.918. The van der Waals surface area contributed by atoms with Gasteiger partial charge in [0.2, 0.25) is 0 Å². The molecule has 6 heteroatoms. The highest BCUT2D eigenvalue weighted by molar-refractivity contribution is 6.30. The Kier molecular flexibility index (Phi) is 5.09. The number of nitrogens with one attached hydrogen (secondary N) is 1. The first-order valence-corrected chi connectivity index (χ1v) is 6.79. The summed E-state index contributed by atoms with van der Waals surface area (Å²) < 4.78 is 5.55. The van der Waals surface area contributed by atoms with Gasteiger partial charge in [-0.1, -0.05) is 23.7 Å². The number of hydrogen-bond acceptors (Lipinski definition) is 5. The van der Waals surface area contributed by atoms with Crippen molar-refractivity contribution in [3.8, 4) is 6.07 Å². The highest BCUT2D eigenvalue weighted by Gasteiger charge is 2.20. The number of hydrogen-bond donors (Lipinski definition) is 1. The van der Waals surface area contributed by atoms with Crippen LogP contribution in [0.2, 0.25) is 5.02 Å². The van der Waals surface area contributed by atoms with Crippen LogP contribution in [0.5, 0.6) is 0 Å². The van der Waals surface area contributed by atoms with E-state index in [9.17, 15) is 0 Å². The van der Waals surface area contributed by atoms with E-state index in [0.29, 0.717) is 10.8 Å². The molecule has 0 unspecified atom stereocenters. The van der Waals surface area contributed by atoms with E-state index in [0.717, 1.165) is 5.56 Å². The number of aromatic nitrogens is 2. The molecule has 0 saturated carbocycles. The Labute approximate surface area is 128 Å². The number of anilines is 1. The molecule has 5 nitrogen and oxygen atoms in total. The number of nitrogens with zero attached hydrogens (tertiary/aromatic N) is 3. The van der Waals surface area contributed by atoms with Crippen LogP contribution < -0.4 is 5.32 Å². The van der Waals surface area contributed by atoms with Gasteiger partial charge in [0.15, 0.2) is 11.5 Å². The Balaban J connectivity index is 2.19. The topological polar surface area (TPSA) is 70.8 Å². The molecule has 0 fully saturated rings. The molecule has 2 atom stereocenters. The van der Waals surface area contributed by atoms with Crippen molar-refractivity contribution in [2.75, 3.05) is 12.4 Å². The van der Waals surface area contributed by atoms with E-state index in [1.165, 1.54) is 6.20 Å². The van der Waals surface area contributed by atoms with Crippen LogP contribution >= 0.6 is 11.6 Å². The van der Waals surface area contributed by atoms with Crippen molar-refractivity contribution in [3.05, 3.63) is 52.9 Å². The molecule has 0 aliphatic heterocycles. The van der Waals surface area contributed by atoms with Crippen LogP contribution in [0.25, 0.3) is 0 Å². The second-order valence-corrected chi connectivity index (χ2v) is 4.94. The number of halogens is 1. The Morgan fingerprint density at radius 2 is 1.90 bits per heavy atom. The van der Waals surface area contributed by atoms with Crippen molar-refractivity contribution >= 4 is 17.4 Å². The van der Waals surface area contributed by atoms with Gasteiger partial charge in [0.25, 0.3) is 0 Å². The van der Waals surface area contributed by atoms with Crippen molar-refractivity contribution in [1.29, 1.82) is 5.26 Å². The van der Waals surface area contributed by atoms with E-state index in [1.807, 2.05) is 37.3 Å². The molecule has 0 bridgehead atoms. The molecule has 0 radical (unpaired) electrons. The molecule has 1 N–H and O–H groups in total. The van der Waals surface area contributed by atoms with Crippen LogP contribution in [-0.2, 0) is 4.74 Å². The molecule has 0 spiro atoms. The summed E-state index contributed by atoms with van der Waals surface area (Å²) >= 11 is 5.90. The van der Waals surface area contributed by atoms with E-state index in [2.05, 4.69) is 15.3 Å². The Bertz CT molecular complexity index is 639. The number of methoxy groups -OCH3 is 1. The molecule has 2 rings (SSSR count). The van der Waals surface area contributed by atoms with Crippen LogP contribution in [-0.4, -0.2) is 23.1 Å². The summed E-state index contributed by atoms with van der Waals surface area (Å²) in [7, 11) is 1.64. The van der Waals surface area contributed by atoms with Gasteiger partial charge in [0.1, 0.15) is 12.2 Å². The van der Waals surface area contributed by atoms with Gasteiger partial charge in [0.05, 0.1) is 6.04 Å². The fraction of sp³-hybridized carbons (Fsp3) is 0.267. The van der Waals surface area contributed by atoms with Gasteiger partial charge in [-0.05, 0) is 24.6 Å². The normalized spacial score (nSPS) is 13.2. The molecule has 1 heterocycles. The minimum absolute atomic E-state index is 0.0972. The van der Waals surface area contributed by atoms with Crippen molar-refractivity contribution in [3.63, 3.8) is 0 Å². The van der Waals surface area contributed by atoms with Gasteiger partial charge in [-0.15, -0.1) is 0 Å². The predicted molar refractivity (Wildman–Crippen MR) is 81.0 cm³/mol. The summed E-state index contributed by atoms with van der Waals surface area (Å²) in [4.78, 5) is 8.12. The Hall–Kier alpha value is -2.16.